The lowest BCUT2D eigenvalue weighted by Gasteiger charge is -2.44. The molecule has 3 aromatic rings. The smallest absolute Gasteiger partial charge is 0.0757 e. The summed E-state index contributed by atoms with van der Waals surface area (Å²) in [4.78, 5) is 0. The van der Waals surface area contributed by atoms with Crippen molar-refractivity contribution in [3.8, 4) is 11.1 Å². The summed E-state index contributed by atoms with van der Waals surface area (Å²) < 4.78 is 0. The van der Waals surface area contributed by atoms with E-state index in [0.717, 1.165) is 6.42 Å². The lowest BCUT2D eigenvalue weighted by molar-refractivity contribution is 0.601. The normalized spacial score (nSPS) is 19.1. The Hall–Kier alpha value is -2.38. The molecule has 3 aromatic carbocycles. The number of unbranched alkanes of at least 4 members (excludes halogenated alkanes) is 1. The minimum absolute atomic E-state index is 0.184. The van der Waals surface area contributed by atoms with Crippen LogP contribution in [0.2, 0.25) is 13.1 Å². The number of hydrogen-bond acceptors (Lipinski definition) is 0. The summed E-state index contributed by atoms with van der Waals surface area (Å²) in [5, 5.41) is 1.84. The fourth-order valence-electron chi connectivity index (χ4n) is 5.88. The molecule has 0 saturated heterocycles. The zero-order chi connectivity index (χ0) is 20.1. The van der Waals surface area contributed by atoms with Gasteiger partial charge in [-0.15, -0.1) is 0 Å². The highest BCUT2D eigenvalue weighted by Gasteiger charge is 2.50. The van der Waals surface area contributed by atoms with Crippen molar-refractivity contribution in [2.24, 2.45) is 0 Å². The monoisotopic (exact) mass is 394 g/mol. The Labute approximate surface area is 176 Å². The molecule has 1 heteroatoms. The Morgan fingerprint density at radius 2 is 1.62 bits per heavy atom. The van der Waals surface area contributed by atoms with E-state index in [9.17, 15) is 0 Å². The SMILES string of the molecule is CCCCC1([Si](C)(C)c2cccc3c2Cc2ccccc2-3)C=Cc2ccccc21. The molecular weight excluding hydrogens is 364 g/mol. The van der Waals surface area contributed by atoms with Crippen LogP contribution in [0.4, 0.5) is 0 Å². The van der Waals surface area contributed by atoms with E-state index in [1.165, 1.54) is 41.5 Å². The first-order valence-corrected chi connectivity index (χ1v) is 14.1. The van der Waals surface area contributed by atoms with Crippen LogP contribution in [0.1, 0.15) is 48.4 Å². The van der Waals surface area contributed by atoms with Gasteiger partial charge < -0.3 is 0 Å². The predicted molar refractivity (Wildman–Crippen MR) is 128 cm³/mol. The molecule has 0 radical (unpaired) electrons. The van der Waals surface area contributed by atoms with E-state index in [1.807, 2.05) is 0 Å². The first-order chi connectivity index (χ1) is 14.1. The van der Waals surface area contributed by atoms with Gasteiger partial charge in [-0.2, -0.15) is 0 Å². The van der Waals surface area contributed by atoms with Gasteiger partial charge in [0.2, 0.25) is 0 Å². The second-order valence-corrected chi connectivity index (χ2v) is 14.0. The highest BCUT2D eigenvalue weighted by atomic mass is 28.3. The minimum Gasteiger partial charge on any atom is -0.0757 e. The van der Waals surface area contributed by atoms with Gasteiger partial charge in [0.15, 0.2) is 0 Å². The molecule has 0 amide bonds. The van der Waals surface area contributed by atoms with Crippen molar-refractivity contribution in [1.29, 1.82) is 0 Å². The van der Waals surface area contributed by atoms with Crippen molar-refractivity contribution in [3.05, 3.63) is 95.1 Å². The molecule has 0 spiro atoms. The maximum absolute atomic E-state index is 2.62. The van der Waals surface area contributed by atoms with Crippen molar-refractivity contribution in [3.63, 3.8) is 0 Å². The lowest BCUT2D eigenvalue weighted by atomic mass is 9.94. The van der Waals surface area contributed by atoms with Gasteiger partial charge >= 0.3 is 0 Å². The van der Waals surface area contributed by atoms with E-state index < -0.39 is 8.07 Å². The molecule has 146 valence electrons. The standard InChI is InChI=1S/C28H30Si/c1-4-5-18-28(19-17-21-11-7-9-15-26(21)28)29(2,3)27-16-10-14-24-23-13-8-6-12-22(23)20-25(24)27/h6-17,19H,4-5,18,20H2,1-3H3. The van der Waals surface area contributed by atoms with Crippen LogP contribution in [0.25, 0.3) is 17.2 Å². The molecule has 0 heterocycles. The van der Waals surface area contributed by atoms with Gasteiger partial charge in [0.05, 0.1) is 8.07 Å². The molecule has 29 heavy (non-hydrogen) atoms. The van der Waals surface area contributed by atoms with Gasteiger partial charge in [0, 0.05) is 5.04 Å². The Bertz CT molecular complexity index is 1100. The zero-order valence-corrected chi connectivity index (χ0v) is 18.8. The summed E-state index contributed by atoms with van der Waals surface area (Å²) in [5.41, 5.74) is 9.00. The fraction of sp³-hybridized carbons (Fsp3) is 0.286. The summed E-state index contributed by atoms with van der Waals surface area (Å²) in [6, 6.07) is 25.2. The average Bonchev–Trinajstić information content (AvgIpc) is 3.31. The summed E-state index contributed by atoms with van der Waals surface area (Å²) in [6.07, 6.45) is 9.86. The molecule has 0 nitrogen and oxygen atoms in total. The molecule has 0 fully saturated rings. The highest BCUT2D eigenvalue weighted by molar-refractivity contribution is 6.93. The number of hydrogen-bond donors (Lipinski definition) is 0. The second-order valence-electron chi connectivity index (χ2n) is 9.29. The van der Waals surface area contributed by atoms with Crippen LogP contribution in [-0.2, 0) is 11.5 Å². The van der Waals surface area contributed by atoms with Gasteiger partial charge in [-0.1, -0.05) is 117 Å². The molecule has 0 N–H and O–H groups in total. The lowest BCUT2D eigenvalue weighted by Crippen LogP contribution is -2.59. The Morgan fingerprint density at radius 3 is 2.48 bits per heavy atom. The minimum atomic E-state index is -1.87. The summed E-state index contributed by atoms with van der Waals surface area (Å²) in [6.45, 7) is 7.56. The average molecular weight is 395 g/mol. The van der Waals surface area contributed by atoms with Gasteiger partial charge in [-0.05, 0) is 46.2 Å². The van der Waals surface area contributed by atoms with Crippen LogP contribution >= 0.6 is 0 Å². The quantitative estimate of drug-likeness (QED) is 0.324. The topological polar surface area (TPSA) is 0 Å². The summed E-state index contributed by atoms with van der Waals surface area (Å²) in [5.74, 6) is 0. The number of rotatable bonds is 5. The maximum atomic E-state index is 2.62. The van der Waals surface area contributed by atoms with Crippen LogP contribution in [0.3, 0.4) is 0 Å². The fourth-order valence-corrected chi connectivity index (χ4v) is 10.1. The van der Waals surface area contributed by atoms with Gasteiger partial charge in [-0.25, -0.2) is 0 Å². The summed E-state index contributed by atoms with van der Waals surface area (Å²) >= 11 is 0. The number of allylic oxidation sites excluding steroid dienone is 1. The van der Waals surface area contributed by atoms with Crippen LogP contribution in [-0.4, -0.2) is 8.07 Å². The molecule has 2 aliphatic carbocycles. The van der Waals surface area contributed by atoms with E-state index in [4.69, 9.17) is 0 Å². The third-order valence-corrected chi connectivity index (χ3v) is 12.3. The van der Waals surface area contributed by atoms with Crippen LogP contribution in [0.15, 0.2) is 72.8 Å². The van der Waals surface area contributed by atoms with Gasteiger partial charge in [0.25, 0.3) is 0 Å². The van der Waals surface area contributed by atoms with E-state index in [2.05, 4.69) is 98.9 Å². The molecule has 0 saturated carbocycles. The largest absolute Gasteiger partial charge is 0.0958 e. The van der Waals surface area contributed by atoms with Crippen molar-refractivity contribution in [1.82, 2.24) is 0 Å². The Balaban J connectivity index is 1.69. The number of fused-ring (bicyclic) bond motifs is 4. The molecule has 0 aliphatic heterocycles. The third-order valence-electron chi connectivity index (χ3n) is 7.55. The molecule has 1 atom stereocenters. The Kier molecular flexibility index (Phi) is 4.40. The third kappa shape index (κ3) is 2.64. The first-order valence-electron chi connectivity index (χ1n) is 11.1. The van der Waals surface area contributed by atoms with Crippen LogP contribution in [0, 0.1) is 0 Å². The van der Waals surface area contributed by atoms with Crippen molar-refractivity contribution in [2.75, 3.05) is 0 Å². The second kappa shape index (κ2) is 6.85. The first kappa shape index (κ1) is 18.6. The number of benzene rings is 3. The van der Waals surface area contributed by atoms with E-state index >= 15 is 0 Å². The van der Waals surface area contributed by atoms with Crippen molar-refractivity contribution in [2.45, 2.75) is 50.7 Å². The van der Waals surface area contributed by atoms with E-state index in [-0.39, 0.29) is 5.04 Å². The molecule has 2 aliphatic rings. The molecule has 1 unspecified atom stereocenters. The van der Waals surface area contributed by atoms with Crippen molar-refractivity contribution >= 4 is 19.3 Å². The van der Waals surface area contributed by atoms with Crippen LogP contribution in [0.5, 0.6) is 0 Å². The van der Waals surface area contributed by atoms with Crippen molar-refractivity contribution < 1.29 is 0 Å². The van der Waals surface area contributed by atoms with E-state index in [1.54, 1.807) is 16.3 Å². The van der Waals surface area contributed by atoms with Crippen LogP contribution < -0.4 is 5.19 Å². The Morgan fingerprint density at radius 1 is 0.862 bits per heavy atom. The summed E-state index contributed by atoms with van der Waals surface area (Å²) in [7, 11) is -1.87. The molecular formula is C28H30Si. The molecule has 0 bridgehead atoms. The molecule has 5 rings (SSSR count). The highest BCUT2D eigenvalue weighted by Crippen LogP contribution is 2.47. The predicted octanol–water partition coefficient (Wildman–Crippen LogP) is 6.87. The molecule has 0 aromatic heterocycles. The zero-order valence-electron chi connectivity index (χ0n) is 17.8. The van der Waals surface area contributed by atoms with E-state index in [0.29, 0.717) is 0 Å². The van der Waals surface area contributed by atoms with Gasteiger partial charge in [0.1, 0.15) is 0 Å². The maximum Gasteiger partial charge on any atom is 0.0958 e. The van der Waals surface area contributed by atoms with Gasteiger partial charge in [-0.3, -0.25) is 0 Å².